The Morgan fingerprint density at radius 1 is 1.15 bits per heavy atom. The van der Waals surface area contributed by atoms with Crippen LogP contribution in [-0.4, -0.2) is 12.7 Å². The second-order valence-electron chi connectivity index (χ2n) is 5.42. The molecule has 1 aromatic rings. The van der Waals surface area contributed by atoms with E-state index in [1.54, 1.807) is 0 Å². The average molecular weight is 269 g/mol. The van der Waals surface area contributed by atoms with Crippen molar-refractivity contribution in [1.82, 2.24) is 0 Å². The van der Waals surface area contributed by atoms with Crippen LogP contribution < -0.4 is 0 Å². The van der Waals surface area contributed by atoms with Gasteiger partial charge in [-0.25, -0.2) is 0 Å². The van der Waals surface area contributed by atoms with Gasteiger partial charge in [-0.3, -0.25) is 0 Å². The second-order valence-corrected chi connectivity index (χ2v) is 5.42. The van der Waals surface area contributed by atoms with E-state index in [4.69, 9.17) is 10.00 Å². The van der Waals surface area contributed by atoms with E-state index in [2.05, 4.69) is 37.3 Å². The Bertz CT molecular complexity index is 461. The normalized spacial score (nSPS) is 22.8. The minimum Gasteiger partial charge on any atom is -0.374 e. The number of allylic oxidation sites excluding steroid dienone is 1. The quantitative estimate of drug-likeness (QED) is 0.734. The van der Waals surface area contributed by atoms with Gasteiger partial charge in [-0.15, -0.1) is 0 Å². The molecule has 0 amide bonds. The molecule has 0 bridgehead atoms. The lowest BCUT2D eigenvalue weighted by molar-refractivity contribution is 0.0422. The number of ether oxygens (including phenoxy) is 1. The molecule has 0 aromatic heterocycles. The van der Waals surface area contributed by atoms with Crippen LogP contribution in [0.4, 0.5) is 0 Å². The van der Waals surface area contributed by atoms with Gasteiger partial charge in [0.25, 0.3) is 0 Å². The monoisotopic (exact) mass is 269 g/mol. The summed E-state index contributed by atoms with van der Waals surface area (Å²) in [6.45, 7) is 2.89. The third-order valence-corrected chi connectivity index (χ3v) is 4.02. The predicted octanol–water partition coefficient (Wildman–Crippen LogP) is 4.57. The van der Waals surface area contributed by atoms with Crippen molar-refractivity contribution in [2.24, 2.45) is 0 Å². The largest absolute Gasteiger partial charge is 0.374 e. The highest BCUT2D eigenvalue weighted by Crippen LogP contribution is 2.34. The fourth-order valence-electron chi connectivity index (χ4n) is 2.82. The van der Waals surface area contributed by atoms with Crippen molar-refractivity contribution in [1.29, 1.82) is 5.26 Å². The lowest BCUT2D eigenvalue weighted by Crippen LogP contribution is -2.20. The van der Waals surface area contributed by atoms with Crippen LogP contribution in [0.3, 0.4) is 0 Å². The van der Waals surface area contributed by atoms with Crippen LogP contribution in [0, 0.1) is 11.3 Å². The summed E-state index contributed by atoms with van der Waals surface area (Å²) in [5.41, 5.74) is 2.11. The maximum absolute atomic E-state index is 8.82. The van der Waals surface area contributed by atoms with Gasteiger partial charge in [0.05, 0.1) is 24.3 Å². The molecule has 1 aliphatic carbocycles. The highest BCUT2D eigenvalue weighted by molar-refractivity contribution is 5.33. The van der Waals surface area contributed by atoms with Crippen molar-refractivity contribution in [3.05, 3.63) is 47.5 Å². The number of rotatable bonds is 5. The minimum atomic E-state index is 0.422. The van der Waals surface area contributed by atoms with Crippen molar-refractivity contribution >= 4 is 0 Å². The zero-order chi connectivity index (χ0) is 14.2. The topological polar surface area (TPSA) is 33.0 Å². The summed E-state index contributed by atoms with van der Waals surface area (Å²) in [5.74, 6) is 0.633. The van der Waals surface area contributed by atoms with Gasteiger partial charge in [0, 0.05) is 0 Å². The molecule has 0 spiro atoms. The van der Waals surface area contributed by atoms with Crippen LogP contribution in [0.2, 0.25) is 0 Å². The maximum atomic E-state index is 8.82. The number of nitriles is 1. The molecule has 1 aromatic carbocycles. The molecule has 1 aliphatic rings. The summed E-state index contributed by atoms with van der Waals surface area (Å²) in [4.78, 5) is 0. The van der Waals surface area contributed by atoms with Crippen LogP contribution >= 0.6 is 0 Å². The van der Waals surface area contributed by atoms with Crippen molar-refractivity contribution in [2.45, 2.75) is 51.0 Å². The smallest absolute Gasteiger partial charge is 0.0991 e. The standard InChI is InChI=1S/C18H23NO/c1-2-3-4-13-20-18-11-9-17(10-12-18)16-7-5-15(14-19)6-8-16/h3-8,17-18H,2,9-13H2,1H3. The molecule has 2 rings (SSSR count). The molecule has 20 heavy (non-hydrogen) atoms. The molecule has 0 heterocycles. The number of benzene rings is 1. The lowest BCUT2D eigenvalue weighted by atomic mass is 9.82. The Kier molecular flexibility index (Phi) is 5.83. The van der Waals surface area contributed by atoms with Crippen molar-refractivity contribution in [3.8, 4) is 6.07 Å². The zero-order valence-corrected chi connectivity index (χ0v) is 12.2. The number of hydrogen-bond donors (Lipinski definition) is 0. The van der Waals surface area contributed by atoms with Gasteiger partial charge in [-0.2, -0.15) is 5.26 Å². The molecular formula is C18H23NO. The summed E-state index contributed by atoms with van der Waals surface area (Å²) in [7, 11) is 0. The van der Waals surface area contributed by atoms with Crippen molar-refractivity contribution in [3.63, 3.8) is 0 Å². The van der Waals surface area contributed by atoms with Gasteiger partial charge in [-0.05, 0) is 55.7 Å². The highest BCUT2D eigenvalue weighted by atomic mass is 16.5. The molecule has 0 saturated heterocycles. The molecule has 1 saturated carbocycles. The van der Waals surface area contributed by atoms with Crippen molar-refractivity contribution < 1.29 is 4.74 Å². The fraction of sp³-hybridized carbons (Fsp3) is 0.500. The molecule has 0 atom stereocenters. The first-order valence-electron chi connectivity index (χ1n) is 7.60. The summed E-state index contributed by atoms with van der Waals surface area (Å²) >= 11 is 0. The van der Waals surface area contributed by atoms with Crippen LogP contribution in [-0.2, 0) is 4.74 Å². The fourth-order valence-corrected chi connectivity index (χ4v) is 2.82. The summed E-state index contributed by atoms with van der Waals surface area (Å²) in [5, 5.41) is 8.82. The first-order chi connectivity index (χ1) is 9.83. The van der Waals surface area contributed by atoms with Crippen molar-refractivity contribution in [2.75, 3.05) is 6.61 Å². The van der Waals surface area contributed by atoms with Gasteiger partial charge in [0.1, 0.15) is 0 Å². The molecule has 1 fully saturated rings. The van der Waals surface area contributed by atoms with Gasteiger partial charge in [0.2, 0.25) is 0 Å². The summed E-state index contributed by atoms with van der Waals surface area (Å²) < 4.78 is 5.88. The average Bonchev–Trinajstić information content (AvgIpc) is 2.52. The maximum Gasteiger partial charge on any atom is 0.0991 e. The van der Waals surface area contributed by atoms with E-state index in [9.17, 15) is 0 Å². The van der Waals surface area contributed by atoms with E-state index in [1.165, 1.54) is 18.4 Å². The third-order valence-electron chi connectivity index (χ3n) is 4.02. The van der Waals surface area contributed by atoms with Gasteiger partial charge < -0.3 is 4.74 Å². The van der Waals surface area contributed by atoms with Crippen LogP contribution in [0.15, 0.2) is 36.4 Å². The van der Waals surface area contributed by atoms with E-state index in [0.29, 0.717) is 12.0 Å². The third kappa shape index (κ3) is 4.21. The van der Waals surface area contributed by atoms with Gasteiger partial charge >= 0.3 is 0 Å². The molecule has 2 nitrogen and oxygen atoms in total. The zero-order valence-electron chi connectivity index (χ0n) is 12.2. The van der Waals surface area contributed by atoms with E-state index in [0.717, 1.165) is 31.4 Å². The van der Waals surface area contributed by atoms with E-state index in [1.807, 2.05) is 12.1 Å². The lowest BCUT2D eigenvalue weighted by Gasteiger charge is -2.28. The Hall–Kier alpha value is -1.59. The molecule has 0 aliphatic heterocycles. The molecule has 0 unspecified atom stereocenters. The number of hydrogen-bond acceptors (Lipinski definition) is 2. The molecule has 0 N–H and O–H groups in total. The summed E-state index contributed by atoms with van der Waals surface area (Å²) in [6.07, 6.45) is 10.4. The molecular weight excluding hydrogens is 246 g/mol. The van der Waals surface area contributed by atoms with E-state index < -0.39 is 0 Å². The van der Waals surface area contributed by atoms with Gasteiger partial charge in [0.15, 0.2) is 0 Å². The summed E-state index contributed by atoms with van der Waals surface area (Å²) in [6, 6.07) is 10.2. The van der Waals surface area contributed by atoms with Gasteiger partial charge in [-0.1, -0.05) is 31.2 Å². The first kappa shape index (κ1) is 14.8. The van der Waals surface area contributed by atoms with Crippen LogP contribution in [0.25, 0.3) is 0 Å². The second kappa shape index (κ2) is 7.87. The predicted molar refractivity (Wildman–Crippen MR) is 81.5 cm³/mol. The Labute approximate surface area is 122 Å². The Morgan fingerprint density at radius 2 is 1.85 bits per heavy atom. The van der Waals surface area contributed by atoms with E-state index >= 15 is 0 Å². The molecule has 2 heteroatoms. The van der Waals surface area contributed by atoms with Crippen LogP contribution in [0.5, 0.6) is 0 Å². The SMILES string of the molecule is CCC=CCOC1CCC(c2ccc(C#N)cc2)CC1. The molecule has 106 valence electrons. The Balaban J connectivity index is 1.78. The minimum absolute atomic E-state index is 0.422. The van der Waals surface area contributed by atoms with Crippen LogP contribution in [0.1, 0.15) is 56.1 Å². The molecule has 0 radical (unpaired) electrons. The first-order valence-corrected chi connectivity index (χ1v) is 7.60. The number of nitrogens with zero attached hydrogens (tertiary/aromatic N) is 1. The van der Waals surface area contributed by atoms with E-state index in [-0.39, 0.29) is 0 Å². The Morgan fingerprint density at radius 3 is 2.45 bits per heavy atom. The highest BCUT2D eigenvalue weighted by Gasteiger charge is 2.22.